The molecule has 88 valence electrons. The first-order chi connectivity index (χ1) is 8.15. The van der Waals surface area contributed by atoms with Gasteiger partial charge in [-0.15, -0.1) is 0 Å². The molecular formula is C13H10BrCl2N. The van der Waals surface area contributed by atoms with Gasteiger partial charge in [0.05, 0.1) is 10.7 Å². The number of benzene rings is 2. The topological polar surface area (TPSA) is 12.0 Å². The fourth-order valence-electron chi connectivity index (χ4n) is 1.43. The molecule has 0 radical (unpaired) electrons. The van der Waals surface area contributed by atoms with Crippen LogP contribution in [-0.2, 0) is 6.54 Å². The molecule has 0 heterocycles. The summed E-state index contributed by atoms with van der Waals surface area (Å²) in [6, 6.07) is 13.5. The number of rotatable bonds is 3. The summed E-state index contributed by atoms with van der Waals surface area (Å²) in [6.45, 7) is 0.721. The summed E-state index contributed by atoms with van der Waals surface area (Å²) in [5, 5.41) is 4.73. The van der Waals surface area contributed by atoms with E-state index >= 15 is 0 Å². The van der Waals surface area contributed by atoms with E-state index in [-0.39, 0.29) is 0 Å². The predicted octanol–water partition coefficient (Wildman–Crippen LogP) is 5.37. The predicted molar refractivity (Wildman–Crippen MR) is 77.9 cm³/mol. The Morgan fingerprint density at radius 3 is 2.35 bits per heavy atom. The lowest BCUT2D eigenvalue weighted by Gasteiger charge is -2.08. The van der Waals surface area contributed by atoms with Gasteiger partial charge in [0.25, 0.3) is 0 Å². The summed E-state index contributed by atoms with van der Waals surface area (Å²) in [4.78, 5) is 0. The Morgan fingerprint density at radius 2 is 1.71 bits per heavy atom. The highest BCUT2D eigenvalue weighted by Crippen LogP contribution is 2.26. The molecule has 0 fully saturated rings. The minimum atomic E-state index is 0.702. The van der Waals surface area contributed by atoms with Crippen molar-refractivity contribution in [3.8, 4) is 0 Å². The van der Waals surface area contributed by atoms with Crippen molar-refractivity contribution in [2.24, 2.45) is 0 Å². The second-order valence-electron chi connectivity index (χ2n) is 3.60. The third-order valence-corrected chi connectivity index (χ3v) is 3.39. The number of halogens is 3. The van der Waals surface area contributed by atoms with E-state index in [2.05, 4.69) is 21.2 Å². The normalized spacial score (nSPS) is 10.3. The van der Waals surface area contributed by atoms with E-state index < -0.39 is 0 Å². The van der Waals surface area contributed by atoms with Gasteiger partial charge < -0.3 is 5.32 Å². The molecule has 0 bridgehead atoms. The summed E-state index contributed by atoms with van der Waals surface area (Å²) in [7, 11) is 0. The molecule has 0 atom stereocenters. The zero-order valence-electron chi connectivity index (χ0n) is 8.88. The summed E-state index contributed by atoms with van der Waals surface area (Å²) >= 11 is 15.3. The highest BCUT2D eigenvalue weighted by Gasteiger charge is 2.00. The molecule has 0 aliphatic heterocycles. The first-order valence-corrected chi connectivity index (χ1v) is 6.63. The van der Waals surface area contributed by atoms with Crippen molar-refractivity contribution in [2.45, 2.75) is 6.54 Å². The van der Waals surface area contributed by atoms with Gasteiger partial charge >= 0.3 is 0 Å². The van der Waals surface area contributed by atoms with Crippen LogP contribution in [0.5, 0.6) is 0 Å². The van der Waals surface area contributed by atoms with Crippen molar-refractivity contribution in [1.82, 2.24) is 0 Å². The van der Waals surface area contributed by atoms with Gasteiger partial charge in [0.1, 0.15) is 0 Å². The molecule has 2 rings (SSSR count). The van der Waals surface area contributed by atoms with Crippen molar-refractivity contribution in [1.29, 1.82) is 0 Å². The minimum Gasteiger partial charge on any atom is -0.380 e. The molecule has 1 N–H and O–H groups in total. The van der Waals surface area contributed by atoms with E-state index in [4.69, 9.17) is 23.2 Å². The lowest BCUT2D eigenvalue weighted by Crippen LogP contribution is -1.99. The number of anilines is 1. The average molecular weight is 331 g/mol. The van der Waals surface area contributed by atoms with E-state index in [1.54, 1.807) is 0 Å². The van der Waals surface area contributed by atoms with Crippen LogP contribution >= 0.6 is 39.1 Å². The molecule has 0 aromatic heterocycles. The molecule has 2 aromatic carbocycles. The smallest absolute Gasteiger partial charge is 0.0648 e. The Kier molecular flexibility index (Phi) is 4.32. The Morgan fingerprint density at radius 1 is 1.00 bits per heavy atom. The quantitative estimate of drug-likeness (QED) is 0.797. The third-order valence-electron chi connectivity index (χ3n) is 2.33. The van der Waals surface area contributed by atoms with Gasteiger partial charge in [0.2, 0.25) is 0 Å². The van der Waals surface area contributed by atoms with E-state index in [0.29, 0.717) is 5.02 Å². The van der Waals surface area contributed by atoms with Crippen LogP contribution in [0.15, 0.2) is 46.9 Å². The van der Waals surface area contributed by atoms with Gasteiger partial charge in [-0.1, -0.05) is 51.3 Å². The van der Waals surface area contributed by atoms with Crippen molar-refractivity contribution >= 4 is 44.8 Å². The lowest BCUT2D eigenvalue weighted by atomic mass is 10.2. The van der Waals surface area contributed by atoms with Crippen LogP contribution in [0.4, 0.5) is 5.69 Å². The Balaban J connectivity index is 2.04. The number of hydrogen-bond acceptors (Lipinski definition) is 1. The highest BCUT2D eigenvalue weighted by atomic mass is 79.9. The molecule has 0 aliphatic carbocycles. The van der Waals surface area contributed by atoms with Crippen LogP contribution in [0.1, 0.15) is 5.56 Å². The van der Waals surface area contributed by atoms with Crippen LogP contribution in [0.25, 0.3) is 0 Å². The zero-order valence-corrected chi connectivity index (χ0v) is 12.0. The molecule has 4 heteroatoms. The molecule has 0 saturated carbocycles. The van der Waals surface area contributed by atoms with E-state index in [9.17, 15) is 0 Å². The van der Waals surface area contributed by atoms with Crippen molar-refractivity contribution < 1.29 is 0 Å². The van der Waals surface area contributed by atoms with Gasteiger partial charge in [0, 0.05) is 16.0 Å². The largest absolute Gasteiger partial charge is 0.380 e. The molecule has 0 unspecified atom stereocenters. The summed E-state index contributed by atoms with van der Waals surface area (Å²) in [5.41, 5.74) is 2.08. The second-order valence-corrected chi connectivity index (χ2v) is 5.36. The zero-order chi connectivity index (χ0) is 12.3. The van der Waals surface area contributed by atoms with Gasteiger partial charge in [0.15, 0.2) is 0 Å². The molecule has 0 spiro atoms. The fraction of sp³-hybridized carbons (Fsp3) is 0.0769. The van der Waals surface area contributed by atoms with Gasteiger partial charge in [-0.3, -0.25) is 0 Å². The standard InChI is InChI=1S/C13H10BrCl2N/c14-10-3-6-13(12(16)7-10)17-8-9-1-4-11(15)5-2-9/h1-7,17H,8H2. The van der Waals surface area contributed by atoms with Gasteiger partial charge in [-0.05, 0) is 35.9 Å². The van der Waals surface area contributed by atoms with E-state index in [0.717, 1.165) is 27.3 Å². The van der Waals surface area contributed by atoms with Gasteiger partial charge in [-0.2, -0.15) is 0 Å². The minimum absolute atomic E-state index is 0.702. The Hall–Kier alpha value is -0.700. The maximum atomic E-state index is 6.11. The van der Waals surface area contributed by atoms with Crippen LogP contribution < -0.4 is 5.32 Å². The molecule has 0 amide bonds. The molecule has 17 heavy (non-hydrogen) atoms. The first kappa shape index (κ1) is 12.7. The first-order valence-electron chi connectivity index (χ1n) is 5.08. The van der Waals surface area contributed by atoms with Crippen molar-refractivity contribution in [3.63, 3.8) is 0 Å². The SMILES string of the molecule is Clc1ccc(CNc2ccc(Br)cc2Cl)cc1. The Labute approximate surface area is 119 Å². The number of nitrogens with one attached hydrogen (secondary N) is 1. The molecular weight excluding hydrogens is 321 g/mol. The monoisotopic (exact) mass is 329 g/mol. The summed E-state index contributed by atoms with van der Waals surface area (Å²) in [6.07, 6.45) is 0. The van der Waals surface area contributed by atoms with Crippen molar-refractivity contribution in [2.75, 3.05) is 5.32 Å². The molecule has 0 saturated heterocycles. The molecule has 0 aliphatic rings. The van der Waals surface area contributed by atoms with Crippen LogP contribution in [0.2, 0.25) is 10.0 Å². The average Bonchev–Trinajstić information content (AvgIpc) is 2.30. The van der Waals surface area contributed by atoms with Crippen LogP contribution in [-0.4, -0.2) is 0 Å². The second kappa shape index (κ2) is 5.76. The van der Waals surface area contributed by atoms with E-state index in [1.165, 1.54) is 0 Å². The van der Waals surface area contributed by atoms with E-state index in [1.807, 2.05) is 42.5 Å². The van der Waals surface area contributed by atoms with Crippen LogP contribution in [0, 0.1) is 0 Å². The number of hydrogen-bond donors (Lipinski definition) is 1. The summed E-state index contributed by atoms with van der Waals surface area (Å²) in [5.74, 6) is 0. The lowest BCUT2D eigenvalue weighted by molar-refractivity contribution is 1.15. The maximum Gasteiger partial charge on any atom is 0.0648 e. The Bertz CT molecular complexity index is 511. The molecule has 2 aromatic rings. The van der Waals surface area contributed by atoms with Gasteiger partial charge in [-0.25, -0.2) is 0 Å². The highest BCUT2D eigenvalue weighted by molar-refractivity contribution is 9.10. The summed E-state index contributed by atoms with van der Waals surface area (Å²) < 4.78 is 0.972. The third kappa shape index (κ3) is 3.63. The van der Waals surface area contributed by atoms with Crippen molar-refractivity contribution in [3.05, 3.63) is 62.5 Å². The molecule has 1 nitrogen and oxygen atoms in total. The van der Waals surface area contributed by atoms with Crippen LogP contribution in [0.3, 0.4) is 0 Å². The fourth-order valence-corrected chi connectivity index (χ4v) is 2.30. The maximum absolute atomic E-state index is 6.11.